The second-order valence-electron chi connectivity index (χ2n) is 5.25. The van der Waals surface area contributed by atoms with Crippen molar-refractivity contribution in [3.8, 4) is 0 Å². The van der Waals surface area contributed by atoms with E-state index >= 15 is 0 Å². The molecule has 0 amide bonds. The first-order valence-corrected chi connectivity index (χ1v) is 8.35. The molecule has 2 atom stereocenters. The molecular formula is C14H22N2O2S. The Hall–Kier alpha value is -1.07. The summed E-state index contributed by atoms with van der Waals surface area (Å²) in [6, 6.07) is 7.06. The van der Waals surface area contributed by atoms with Gasteiger partial charge in [-0.1, -0.05) is 26.0 Å². The van der Waals surface area contributed by atoms with E-state index in [9.17, 15) is 8.42 Å². The Balaban J connectivity index is 2.09. The lowest BCUT2D eigenvalue weighted by Crippen LogP contribution is -2.27. The third-order valence-electron chi connectivity index (χ3n) is 3.55. The van der Waals surface area contributed by atoms with Gasteiger partial charge in [-0.15, -0.1) is 0 Å². The van der Waals surface area contributed by atoms with E-state index in [-0.39, 0.29) is 0 Å². The van der Waals surface area contributed by atoms with Crippen molar-refractivity contribution in [2.75, 3.05) is 18.4 Å². The zero-order valence-corrected chi connectivity index (χ0v) is 12.3. The minimum absolute atomic E-state index is 0.344. The summed E-state index contributed by atoms with van der Waals surface area (Å²) in [6.07, 6.45) is 2.08. The largest absolute Gasteiger partial charge is 0.384 e. The van der Waals surface area contributed by atoms with Gasteiger partial charge in [0, 0.05) is 13.1 Å². The van der Waals surface area contributed by atoms with E-state index in [2.05, 4.69) is 23.9 Å². The maximum atomic E-state index is 12.3. The number of sulfonamides is 1. The van der Waals surface area contributed by atoms with Crippen LogP contribution in [0.15, 0.2) is 29.2 Å². The van der Waals surface area contributed by atoms with E-state index in [1.54, 1.807) is 12.1 Å². The minimum atomic E-state index is -3.41. The van der Waals surface area contributed by atoms with Crippen LogP contribution in [-0.4, -0.2) is 21.5 Å². The van der Waals surface area contributed by atoms with Gasteiger partial charge in [0.25, 0.3) is 0 Å². The maximum Gasteiger partial charge on any atom is 0.242 e. The second kappa shape index (κ2) is 5.92. The standard InChI is InChI=1S/C14H22N2O2S/c1-3-8-15-13-6-4-5-7-14(13)19(17,18)16-10-12-9-11(12)2/h4-7,11-12,15-16H,3,8-10H2,1-2H3. The Morgan fingerprint density at radius 3 is 2.63 bits per heavy atom. The Bertz CT molecular complexity index is 528. The second-order valence-corrected chi connectivity index (χ2v) is 6.98. The number of para-hydroxylation sites is 1. The summed E-state index contributed by atoms with van der Waals surface area (Å²) in [5.41, 5.74) is 0.681. The van der Waals surface area contributed by atoms with Crippen LogP contribution in [0.5, 0.6) is 0 Å². The minimum Gasteiger partial charge on any atom is -0.384 e. The first-order chi connectivity index (χ1) is 9.04. The highest BCUT2D eigenvalue weighted by atomic mass is 32.2. The number of anilines is 1. The van der Waals surface area contributed by atoms with Crippen molar-refractivity contribution in [1.82, 2.24) is 4.72 Å². The summed E-state index contributed by atoms with van der Waals surface area (Å²) in [4.78, 5) is 0.344. The lowest BCUT2D eigenvalue weighted by Gasteiger charge is -2.12. The number of hydrogen-bond donors (Lipinski definition) is 2. The molecule has 4 nitrogen and oxygen atoms in total. The molecule has 0 saturated heterocycles. The Labute approximate surface area is 115 Å². The van der Waals surface area contributed by atoms with Gasteiger partial charge in [0.15, 0.2) is 0 Å². The van der Waals surface area contributed by atoms with Gasteiger partial charge in [-0.25, -0.2) is 13.1 Å². The highest BCUT2D eigenvalue weighted by molar-refractivity contribution is 7.89. The van der Waals surface area contributed by atoms with Gasteiger partial charge in [0.05, 0.1) is 5.69 Å². The Morgan fingerprint density at radius 1 is 1.32 bits per heavy atom. The molecule has 1 aromatic carbocycles. The molecule has 19 heavy (non-hydrogen) atoms. The first kappa shape index (κ1) is 14.3. The van der Waals surface area contributed by atoms with E-state index in [0.717, 1.165) is 19.4 Å². The quantitative estimate of drug-likeness (QED) is 0.807. The number of benzene rings is 1. The Morgan fingerprint density at radius 2 is 2.00 bits per heavy atom. The Kier molecular flexibility index (Phi) is 4.47. The zero-order valence-electron chi connectivity index (χ0n) is 11.5. The van der Waals surface area contributed by atoms with Gasteiger partial charge >= 0.3 is 0 Å². The van der Waals surface area contributed by atoms with Crippen molar-refractivity contribution in [1.29, 1.82) is 0 Å². The number of hydrogen-bond acceptors (Lipinski definition) is 3. The molecule has 0 bridgehead atoms. The molecular weight excluding hydrogens is 260 g/mol. The van der Waals surface area contributed by atoms with Crippen molar-refractivity contribution in [3.05, 3.63) is 24.3 Å². The van der Waals surface area contributed by atoms with Crippen LogP contribution in [0.25, 0.3) is 0 Å². The summed E-state index contributed by atoms with van der Waals surface area (Å²) in [5, 5.41) is 3.16. The number of rotatable bonds is 7. The third kappa shape index (κ3) is 3.70. The normalized spacial score (nSPS) is 22.2. The average Bonchev–Trinajstić information content (AvgIpc) is 3.10. The molecule has 0 heterocycles. The molecule has 1 fully saturated rings. The monoisotopic (exact) mass is 282 g/mol. The van der Waals surface area contributed by atoms with Gasteiger partial charge in [0.1, 0.15) is 4.90 Å². The first-order valence-electron chi connectivity index (χ1n) is 6.87. The molecule has 0 spiro atoms. The van der Waals surface area contributed by atoms with Gasteiger partial charge in [0.2, 0.25) is 10.0 Å². The van der Waals surface area contributed by atoms with Crippen molar-refractivity contribution in [2.45, 2.75) is 31.6 Å². The zero-order chi connectivity index (χ0) is 13.9. The molecule has 1 saturated carbocycles. The molecule has 1 aromatic rings. The van der Waals surface area contributed by atoms with E-state index in [1.165, 1.54) is 0 Å². The van der Waals surface area contributed by atoms with E-state index < -0.39 is 10.0 Å². The fourth-order valence-corrected chi connectivity index (χ4v) is 3.36. The SMILES string of the molecule is CCCNc1ccccc1S(=O)(=O)NCC1CC1C. The molecule has 0 aromatic heterocycles. The van der Waals surface area contributed by atoms with Gasteiger partial charge in [-0.2, -0.15) is 0 Å². The van der Waals surface area contributed by atoms with Crippen molar-refractivity contribution >= 4 is 15.7 Å². The maximum absolute atomic E-state index is 12.3. The molecule has 0 aliphatic heterocycles. The summed E-state index contributed by atoms with van der Waals surface area (Å²) >= 11 is 0. The predicted octanol–water partition coefficient (Wildman–Crippen LogP) is 2.44. The smallest absolute Gasteiger partial charge is 0.242 e. The van der Waals surface area contributed by atoms with Crippen LogP contribution in [0.3, 0.4) is 0 Å². The van der Waals surface area contributed by atoms with Crippen LogP contribution >= 0.6 is 0 Å². The van der Waals surface area contributed by atoms with E-state index in [4.69, 9.17) is 0 Å². The molecule has 2 rings (SSSR count). The highest BCUT2D eigenvalue weighted by Gasteiger charge is 2.33. The number of nitrogens with one attached hydrogen (secondary N) is 2. The summed E-state index contributed by atoms with van der Waals surface area (Å²) in [6.45, 7) is 5.52. The van der Waals surface area contributed by atoms with E-state index in [0.29, 0.717) is 29.0 Å². The summed E-state index contributed by atoms with van der Waals surface area (Å²) in [7, 11) is -3.41. The van der Waals surface area contributed by atoms with Gasteiger partial charge in [-0.3, -0.25) is 0 Å². The van der Waals surface area contributed by atoms with Crippen molar-refractivity contribution < 1.29 is 8.42 Å². The molecule has 1 aliphatic carbocycles. The van der Waals surface area contributed by atoms with Gasteiger partial charge in [-0.05, 0) is 36.8 Å². The fraction of sp³-hybridized carbons (Fsp3) is 0.571. The van der Waals surface area contributed by atoms with Crippen LogP contribution in [0, 0.1) is 11.8 Å². The van der Waals surface area contributed by atoms with Crippen LogP contribution in [0.4, 0.5) is 5.69 Å². The molecule has 0 radical (unpaired) electrons. The third-order valence-corrected chi connectivity index (χ3v) is 5.04. The average molecular weight is 282 g/mol. The summed E-state index contributed by atoms with van der Waals surface area (Å²) in [5.74, 6) is 1.15. The highest BCUT2D eigenvalue weighted by Crippen LogP contribution is 2.37. The molecule has 2 unspecified atom stereocenters. The topological polar surface area (TPSA) is 58.2 Å². The fourth-order valence-electron chi connectivity index (χ4n) is 2.08. The molecule has 106 valence electrons. The predicted molar refractivity (Wildman–Crippen MR) is 77.7 cm³/mol. The lowest BCUT2D eigenvalue weighted by molar-refractivity contribution is 0.575. The van der Waals surface area contributed by atoms with Crippen LogP contribution in [0.1, 0.15) is 26.7 Å². The van der Waals surface area contributed by atoms with Crippen molar-refractivity contribution in [3.63, 3.8) is 0 Å². The molecule has 1 aliphatic rings. The lowest BCUT2D eigenvalue weighted by atomic mass is 10.3. The van der Waals surface area contributed by atoms with E-state index in [1.807, 2.05) is 12.1 Å². The van der Waals surface area contributed by atoms with Crippen LogP contribution in [-0.2, 0) is 10.0 Å². The van der Waals surface area contributed by atoms with Crippen LogP contribution in [0.2, 0.25) is 0 Å². The molecule has 5 heteroatoms. The molecule has 2 N–H and O–H groups in total. The van der Waals surface area contributed by atoms with Crippen molar-refractivity contribution in [2.24, 2.45) is 11.8 Å². The van der Waals surface area contributed by atoms with Crippen LogP contribution < -0.4 is 10.0 Å². The summed E-state index contributed by atoms with van der Waals surface area (Å²) < 4.78 is 27.3. The van der Waals surface area contributed by atoms with Gasteiger partial charge < -0.3 is 5.32 Å².